The first kappa shape index (κ1) is 16.1. The molecular weight excluding hydrogens is 268 g/mol. The molecule has 0 aliphatic heterocycles. The van der Waals surface area contributed by atoms with E-state index in [1.807, 2.05) is 13.8 Å². The minimum Gasteiger partial charge on any atom is -0.379 e. The fourth-order valence-electron chi connectivity index (χ4n) is 1.50. The molecule has 1 aromatic rings. The number of aromatic nitrogens is 2. The summed E-state index contributed by atoms with van der Waals surface area (Å²) in [5, 5.41) is 6.20. The number of nitrogens with one attached hydrogen (secondary N) is 2. The molecule has 0 atom stereocenters. The number of sulfonamides is 1. The number of ether oxygens (including phenoxy) is 1. The summed E-state index contributed by atoms with van der Waals surface area (Å²) in [6.45, 7) is 5.07. The van der Waals surface area contributed by atoms with Crippen molar-refractivity contribution in [3.8, 4) is 0 Å². The minimum absolute atomic E-state index is 0.0495. The molecule has 0 saturated heterocycles. The fourth-order valence-corrected chi connectivity index (χ4v) is 2.71. The average Bonchev–Trinajstić information content (AvgIpc) is 2.82. The summed E-state index contributed by atoms with van der Waals surface area (Å²) in [5.74, 6) is 0. The normalized spacial score (nSPS) is 12.2. The Hall–Kier alpha value is -0.960. The van der Waals surface area contributed by atoms with Crippen LogP contribution in [0.1, 0.15) is 32.3 Å². The van der Waals surface area contributed by atoms with Crippen molar-refractivity contribution in [2.75, 3.05) is 13.2 Å². The van der Waals surface area contributed by atoms with Crippen LogP contribution in [0.3, 0.4) is 0 Å². The van der Waals surface area contributed by atoms with Gasteiger partial charge in [-0.3, -0.25) is 5.10 Å². The molecule has 1 rings (SSSR count). The zero-order chi connectivity index (χ0) is 14.3. The Balaban J connectivity index is 2.36. The Labute approximate surface area is 114 Å². The molecule has 4 N–H and O–H groups in total. The van der Waals surface area contributed by atoms with E-state index in [1.165, 1.54) is 6.20 Å². The number of unbranched alkanes of at least 4 members (excludes halogenated alkanes) is 1. The van der Waals surface area contributed by atoms with Crippen LogP contribution in [0.2, 0.25) is 0 Å². The van der Waals surface area contributed by atoms with Crippen molar-refractivity contribution in [2.45, 2.75) is 44.4 Å². The maximum Gasteiger partial charge on any atom is 0.257 e. The van der Waals surface area contributed by atoms with Gasteiger partial charge < -0.3 is 10.5 Å². The summed E-state index contributed by atoms with van der Waals surface area (Å²) >= 11 is 0. The van der Waals surface area contributed by atoms with Crippen LogP contribution in [0.5, 0.6) is 0 Å². The van der Waals surface area contributed by atoms with Crippen LogP contribution >= 0.6 is 0 Å². The fraction of sp³-hybridized carbons (Fsp3) is 0.727. The van der Waals surface area contributed by atoms with Gasteiger partial charge in [0.15, 0.2) is 5.03 Å². The predicted octanol–water partition coefficient (Wildman–Crippen LogP) is 0.352. The first-order valence-corrected chi connectivity index (χ1v) is 7.79. The quantitative estimate of drug-likeness (QED) is 0.568. The van der Waals surface area contributed by atoms with Gasteiger partial charge in [0, 0.05) is 25.3 Å². The van der Waals surface area contributed by atoms with Gasteiger partial charge in [0.05, 0.1) is 12.3 Å². The Bertz CT molecular complexity index is 470. The third-order valence-electron chi connectivity index (χ3n) is 2.48. The Morgan fingerprint density at radius 3 is 2.84 bits per heavy atom. The molecule has 8 heteroatoms. The number of aromatic amines is 1. The highest BCUT2D eigenvalue weighted by molar-refractivity contribution is 7.89. The van der Waals surface area contributed by atoms with Gasteiger partial charge in [0.2, 0.25) is 0 Å². The second-order valence-electron chi connectivity index (χ2n) is 4.45. The highest BCUT2D eigenvalue weighted by Gasteiger charge is 2.19. The first-order valence-electron chi connectivity index (χ1n) is 6.31. The van der Waals surface area contributed by atoms with Crippen molar-refractivity contribution >= 4 is 10.0 Å². The topological polar surface area (TPSA) is 110 Å². The Morgan fingerprint density at radius 2 is 2.21 bits per heavy atom. The van der Waals surface area contributed by atoms with Gasteiger partial charge >= 0.3 is 0 Å². The van der Waals surface area contributed by atoms with Crippen molar-refractivity contribution < 1.29 is 13.2 Å². The molecule has 0 aromatic carbocycles. The van der Waals surface area contributed by atoms with Gasteiger partial charge in [-0.1, -0.05) is 0 Å². The molecular formula is C11H22N4O3S. The summed E-state index contributed by atoms with van der Waals surface area (Å²) in [5.41, 5.74) is 5.93. The predicted molar refractivity (Wildman–Crippen MR) is 72.0 cm³/mol. The van der Waals surface area contributed by atoms with Crippen LogP contribution < -0.4 is 10.5 Å². The molecule has 0 amide bonds. The van der Waals surface area contributed by atoms with Gasteiger partial charge in [-0.05, 0) is 26.7 Å². The van der Waals surface area contributed by atoms with E-state index >= 15 is 0 Å². The van der Waals surface area contributed by atoms with Gasteiger partial charge in [-0.15, -0.1) is 0 Å². The summed E-state index contributed by atoms with van der Waals surface area (Å²) in [6, 6.07) is 0. The maximum absolute atomic E-state index is 11.9. The van der Waals surface area contributed by atoms with Crippen molar-refractivity contribution in [3.63, 3.8) is 0 Å². The van der Waals surface area contributed by atoms with E-state index in [0.29, 0.717) is 18.7 Å². The first-order chi connectivity index (χ1) is 8.97. The summed E-state index contributed by atoms with van der Waals surface area (Å²) < 4.78 is 31.8. The molecule has 1 aromatic heterocycles. The second-order valence-corrected chi connectivity index (χ2v) is 6.16. The highest BCUT2D eigenvalue weighted by atomic mass is 32.2. The van der Waals surface area contributed by atoms with E-state index in [4.69, 9.17) is 10.5 Å². The maximum atomic E-state index is 11.9. The zero-order valence-corrected chi connectivity index (χ0v) is 12.2. The smallest absolute Gasteiger partial charge is 0.257 e. The van der Waals surface area contributed by atoms with Crippen LogP contribution in [0, 0.1) is 0 Å². The van der Waals surface area contributed by atoms with Crippen LogP contribution in [0.25, 0.3) is 0 Å². The van der Waals surface area contributed by atoms with Crippen LogP contribution in [-0.2, 0) is 21.3 Å². The largest absolute Gasteiger partial charge is 0.379 e. The molecule has 110 valence electrons. The van der Waals surface area contributed by atoms with Gasteiger partial charge in [0.1, 0.15) is 0 Å². The summed E-state index contributed by atoms with van der Waals surface area (Å²) in [4.78, 5) is 0. The van der Waals surface area contributed by atoms with E-state index in [9.17, 15) is 8.42 Å². The average molecular weight is 290 g/mol. The van der Waals surface area contributed by atoms with Crippen molar-refractivity contribution in [3.05, 3.63) is 11.8 Å². The highest BCUT2D eigenvalue weighted by Crippen LogP contribution is 2.10. The Kier molecular flexibility index (Phi) is 6.43. The molecule has 0 aliphatic carbocycles. The molecule has 0 fully saturated rings. The van der Waals surface area contributed by atoms with E-state index in [2.05, 4.69) is 14.9 Å². The number of nitrogens with two attached hydrogens (primary N) is 1. The molecule has 0 bridgehead atoms. The molecule has 7 nitrogen and oxygen atoms in total. The van der Waals surface area contributed by atoms with Crippen LogP contribution in [0.4, 0.5) is 0 Å². The van der Waals surface area contributed by atoms with E-state index in [-0.39, 0.29) is 17.7 Å². The molecule has 0 spiro atoms. The van der Waals surface area contributed by atoms with E-state index in [1.54, 1.807) is 0 Å². The lowest BCUT2D eigenvalue weighted by atomic mass is 10.3. The number of H-pyrrole nitrogens is 1. The van der Waals surface area contributed by atoms with E-state index in [0.717, 1.165) is 12.8 Å². The molecule has 0 aliphatic rings. The number of hydrogen-bond acceptors (Lipinski definition) is 5. The zero-order valence-electron chi connectivity index (χ0n) is 11.3. The molecule has 0 radical (unpaired) electrons. The van der Waals surface area contributed by atoms with E-state index < -0.39 is 10.0 Å². The van der Waals surface area contributed by atoms with Crippen LogP contribution in [-0.4, -0.2) is 37.9 Å². The SMILES string of the molecule is CC(C)OCCCCNS(=O)(=O)c1[nH]ncc1CN. The number of rotatable bonds is 9. The molecule has 0 saturated carbocycles. The van der Waals surface area contributed by atoms with Crippen molar-refractivity contribution in [1.29, 1.82) is 0 Å². The summed E-state index contributed by atoms with van der Waals surface area (Å²) in [7, 11) is -3.55. The van der Waals surface area contributed by atoms with Gasteiger partial charge in [0.25, 0.3) is 10.0 Å². The minimum atomic E-state index is -3.55. The molecule has 1 heterocycles. The number of hydrogen-bond donors (Lipinski definition) is 3. The lowest BCUT2D eigenvalue weighted by Gasteiger charge is -2.08. The third kappa shape index (κ3) is 5.27. The van der Waals surface area contributed by atoms with Crippen LogP contribution in [0.15, 0.2) is 11.2 Å². The molecule has 0 unspecified atom stereocenters. The van der Waals surface area contributed by atoms with Gasteiger partial charge in [-0.25, -0.2) is 13.1 Å². The molecule has 19 heavy (non-hydrogen) atoms. The lowest BCUT2D eigenvalue weighted by molar-refractivity contribution is 0.0762. The van der Waals surface area contributed by atoms with Crippen molar-refractivity contribution in [1.82, 2.24) is 14.9 Å². The third-order valence-corrected chi connectivity index (χ3v) is 3.96. The summed E-state index contributed by atoms with van der Waals surface area (Å²) in [6.07, 6.45) is 3.16. The van der Waals surface area contributed by atoms with Gasteiger partial charge in [-0.2, -0.15) is 5.10 Å². The monoisotopic (exact) mass is 290 g/mol. The van der Waals surface area contributed by atoms with Crippen molar-refractivity contribution in [2.24, 2.45) is 5.73 Å². The number of nitrogens with zero attached hydrogens (tertiary/aromatic N) is 1. The standard InChI is InChI=1S/C11H22N4O3S/c1-9(2)18-6-4-3-5-14-19(16,17)11-10(7-12)8-13-15-11/h8-9,14H,3-7,12H2,1-2H3,(H,13,15). The second kappa shape index (κ2) is 7.59. The lowest BCUT2D eigenvalue weighted by Crippen LogP contribution is -2.26. The Morgan fingerprint density at radius 1 is 1.47 bits per heavy atom.